The molecule has 2 aromatic rings. The summed E-state index contributed by atoms with van der Waals surface area (Å²) in [6.07, 6.45) is 2.79. The summed E-state index contributed by atoms with van der Waals surface area (Å²) < 4.78 is 22.0. The molecule has 9 heteroatoms. The fraction of sp³-hybridized carbons (Fsp3) is 0.111. The van der Waals surface area contributed by atoms with Gasteiger partial charge in [-0.05, 0) is 12.1 Å². The number of pyridine rings is 1. The van der Waals surface area contributed by atoms with E-state index in [2.05, 4.69) is 20.5 Å². The number of sulfonamides is 1. The monoisotopic (exact) mass is 268 g/mol. The predicted octanol–water partition coefficient (Wildman–Crippen LogP) is -0.354. The zero-order chi connectivity index (χ0) is 13.2. The van der Waals surface area contributed by atoms with E-state index in [9.17, 15) is 8.42 Å². The molecule has 96 valence electrons. The molecule has 0 unspecified atom stereocenters. The van der Waals surface area contributed by atoms with Gasteiger partial charge in [0.2, 0.25) is 10.0 Å². The second kappa shape index (κ2) is 4.63. The van der Waals surface area contributed by atoms with Gasteiger partial charge in [-0.25, -0.2) is 18.5 Å². The van der Waals surface area contributed by atoms with E-state index in [1.54, 1.807) is 6.20 Å². The van der Waals surface area contributed by atoms with Gasteiger partial charge in [0.25, 0.3) is 0 Å². The van der Waals surface area contributed by atoms with Crippen LogP contribution in [-0.4, -0.2) is 23.6 Å². The molecule has 0 aliphatic rings. The average molecular weight is 268 g/mol. The quantitative estimate of drug-likeness (QED) is 0.597. The number of H-pyrrole nitrogens is 1. The predicted molar refractivity (Wildman–Crippen MR) is 65.9 cm³/mol. The van der Waals surface area contributed by atoms with E-state index in [0.29, 0.717) is 18.2 Å². The molecule has 0 atom stereocenters. The van der Waals surface area contributed by atoms with Gasteiger partial charge in [-0.3, -0.25) is 5.10 Å². The molecular weight excluding hydrogens is 256 g/mol. The minimum absolute atomic E-state index is 0.0316. The van der Waals surface area contributed by atoms with Gasteiger partial charge in [-0.1, -0.05) is 0 Å². The zero-order valence-corrected chi connectivity index (χ0v) is 10.1. The van der Waals surface area contributed by atoms with Crippen molar-refractivity contribution in [2.45, 2.75) is 11.4 Å². The van der Waals surface area contributed by atoms with E-state index in [1.165, 1.54) is 18.3 Å². The van der Waals surface area contributed by atoms with Gasteiger partial charge in [0.05, 0.1) is 6.20 Å². The number of rotatable bonds is 4. The van der Waals surface area contributed by atoms with Crippen molar-refractivity contribution in [1.29, 1.82) is 0 Å². The number of aromatic amines is 1. The Bertz CT molecular complexity index is 633. The molecule has 0 spiro atoms. The highest BCUT2D eigenvalue weighted by atomic mass is 32.2. The van der Waals surface area contributed by atoms with Crippen LogP contribution >= 0.6 is 0 Å². The maximum Gasteiger partial charge on any atom is 0.239 e. The Kier molecular flexibility index (Phi) is 3.17. The first-order chi connectivity index (χ1) is 8.47. The fourth-order valence-electron chi connectivity index (χ4n) is 1.30. The second-order valence-corrected chi connectivity index (χ2v) is 5.15. The van der Waals surface area contributed by atoms with Crippen molar-refractivity contribution in [3.05, 3.63) is 30.1 Å². The minimum atomic E-state index is -3.71. The first-order valence-corrected chi connectivity index (χ1v) is 6.52. The number of nitrogens with zero attached hydrogens (tertiary/aromatic N) is 2. The molecule has 2 aromatic heterocycles. The summed E-state index contributed by atoms with van der Waals surface area (Å²) in [5.74, 6) is 0.992. The van der Waals surface area contributed by atoms with Gasteiger partial charge in [-0.15, -0.1) is 0 Å². The van der Waals surface area contributed by atoms with Crippen molar-refractivity contribution in [3.8, 4) is 0 Å². The molecule has 0 fully saturated rings. The minimum Gasteiger partial charge on any atom is -0.384 e. The lowest BCUT2D eigenvalue weighted by atomic mass is 10.3. The molecule has 0 saturated carbocycles. The van der Waals surface area contributed by atoms with Crippen LogP contribution in [0, 0.1) is 0 Å². The Hall–Kier alpha value is -2.13. The van der Waals surface area contributed by atoms with E-state index in [4.69, 9.17) is 10.9 Å². The Morgan fingerprint density at radius 1 is 1.33 bits per heavy atom. The molecule has 18 heavy (non-hydrogen) atoms. The normalized spacial score (nSPS) is 11.4. The van der Waals surface area contributed by atoms with E-state index in [-0.39, 0.29) is 4.90 Å². The topological polar surface area (TPSA) is 140 Å². The highest BCUT2D eigenvalue weighted by molar-refractivity contribution is 7.89. The number of hydrogen-bond acceptors (Lipinski definition) is 6. The van der Waals surface area contributed by atoms with Gasteiger partial charge in [0.15, 0.2) is 0 Å². The van der Waals surface area contributed by atoms with Crippen molar-refractivity contribution in [3.63, 3.8) is 0 Å². The second-order valence-electron chi connectivity index (χ2n) is 3.59. The molecule has 8 nitrogen and oxygen atoms in total. The Morgan fingerprint density at radius 3 is 2.61 bits per heavy atom. The van der Waals surface area contributed by atoms with Gasteiger partial charge in [-0.2, -0.15) is 5.10 Å². The number of nitrogens with two attached hydrogens (primary N) is 2. The molecule has 0 bridgehead atoms. The van der Waals surface area contributed by atoms with Crippen LogP contribution in [0.25, 0.3) is 0 Å². The van der Waals surface area contributed by atoms with Crippen LogP contribution in [0.1, 0.15) is 5.56 Å². The number of nitrogens with one attached hydrogen (secondary N) is 2. The molecule has 0 amide bonds. The molecule has 0 aliphatic carbocycles. The molecular formula is C9H12N6O2S. The lowest BCUT2D eigenvalue weighted by Crippen LogP contribution is -2.12. The maximum atomic E-state index is 11.0. The molecule has 0 saturated heterocycles. The van der Waals surface area contributed by atoms with Crippen LogP contribution in [0.15, 0.2) is 29.4 Å². The molecule has 6 N–H and O–H groups in total. The lowest BCUT2D eigenvalue weighted by molar-refractivity contribution is 0.597. The van der Waals surface area contributed by atoms with Gasteiger partial charge in [0, 0.05) is 18.3 Å². The average Bonchev–Trinajstić information content (AvgIpc) is 2.72. The van der Waals surface area contributed by atoms with E-state index in [0.717, 1.165) is 5.56 Å². The Morgan fingerprint density at radius 2 is 2.11 bits per heavy atom. The largest absolute Gasteiger partial charge is 0.384 e. The summed E-state index contributed by atoms with van der Waals surface area (Å²) >= 11 is 0. The Balaban J connectivity index is 2.05. The molecule has 2 heterocycles. The van der Waals surface area contributed by atoms with E-state index in [1.807, 2.05) is 0 Å². The van der Waals surface area contributed by atoms with Crippen LogP contribution in [-0.2, 0) is 16.6 Å². The van der Waals surface area contributed by atoms with E-state index < -0.39 is 10.0 Å². The zero-order valence-electron chi connectivity index (χ0n) is 9.29. The molecule has 0 radical (unpaired) electrons. The van der Waals surface area contributed by atoms with Crippen LogP contribution in [0.3, 0.4) is 0 Å². The van der Waals surface area contributed by atoms with Crippen molar-refractivity contribution in [2.75, 3.05) is 11.1 Å². The van der Waals surface area contributed by atoms with Crippen LogP contribution in [0.2, 0.25) is 0 Å². The number of primary sulfonamides is 1. The van der Waals surface area contributed by atoms with Crippen LogP contribution in [0.4, 0.5) is 11.6 Å². The summed E-state index contributed by atoms with van der Waals surface area (Å²) in [5, 5.41) is 14.3. The number of aromatic nitrogens is 3. The molecule has 0 aliphatic heterocycles. The van der Waals surface area contributed by atoms with Gasteiger partial charge in [0.1, 0.15) is 16.5 Å². The fourth-order valence-corrected chi connectivity index (χ4v) is 1.76. The van der Waals surface area contributed by atoms with Crippen molar-refractivity contribution in [1.82, 2.24) is 15.2 Å². The molecule has 2 rings (SSSR count). The Labute approximate surface area is 103 Å². The summed E-state index contributed by atoms with van der Waals surface area (Å²) in [6, 6.07) is 2.90. The van der Waals surface area contributed by atoms with Crippen molar-refractivity contribution in [2.24, 2.45) is 5.14 Å². The van der Waals surface area contributed by atoms with Gasteiger partial charge >= 0.3 is 0 Å². The van der Waals surface area contributed by atoms with Crippen LogP contribution in [0.5, 0.6) is 0 Å². The van der Waals surface area contributed by atoms with Crippen molar-refractivity contribution >= 4 is 21.7 Å². The lowest BCUT2D eigenvalue weighted by Gasteiger charge is -2.05. The van der Waals surface area contributed by atoms with Crippen LogP contribution < -0.4 is 16.2 Å². The smallest absolute Gasteiger partial charge is 0.239 e. The summed E-state index contributed by atoms with van der Waals surface area (Å²) in [5.41, 5.74) is 6.41. The highest BCUT2D eigenvalue weighted by Gasteiger charge is 2.08. The summed E-state index contributed by atoms with van der Waals surface area (Å²) in [7, 11) is -3.71. The standard InChI is InChI=1S/C9H12N6O2S/c10-9-6(4-14-15-9)3-12-8-2-1-7(5-13-8)18(11,16)17/h1-2,4-5H,3H2,(H,12,13)(H3,10,14,15)(H2,11,16,17). The first-order valence-electron chi connectivity index (χ1n) is 4.97. The van der Waals surface area contributed by atoms with E-state index >= 15 is 0 Å². The maximum absolute atomic E-state index is 11.0. The highest BCUT2D eigenvalue weighted by Crippen LogP contribution is 2.12. The third-order valence-corrected chi connectivity index (χ3v) is 3.17. The third-order valence-electron chi connectivity index (χ3n) is 2.28. The summed E-state index contributed by atoms with van der Waals surface area (Å²) in [6.45, 7) is 0.435. The number of hydrogen-bond donors (Lipinski definition) is 4. The van der Waals surface area contributed by atoms with Crippen molar-refractivity contribution < 1.29 is 8.42 Å². The molecule has 0 aromatic carbocycles. The SMILES string of the molecule is Nc1[nH]ncc1CNc1ccc(S(N)(=O)=O)cn1. The number of nitrogen functional groups attached to an aromatic ring is 1. The summed E-state index contributed by atoms with van der Waals surface area (Å²) in [4.78, 5) is 3.90. The number of anilines is 2. The van der Waals surface area contributed by atoms with Gasteiger partial charge < -0.3 is 11.1 Å². The third kappa shape index (κ3) is 2.76. The first kappa shape index (κ1) is 12.3.